The second kappa shape index (κ2) is 8.29. The number of nitrogens with two attached hydrogens (primary N) is 2. The van der Waals surface area contributed by atoms with Gasteiger partial charge in [0.15, 0.2) is 0 Å². The first kappa shape index (κ1) is 20.9. The first-order chi connectivity index (χ1) is 14.2. The average Bonchev–Trinajstić information content (AvgIpc) is 2.70. The van der Waals surface area contributed by atoms with Crippen LogP contribution in [-0.2, 0) is 0 Å². The Kier molecular flexibility index (Phi) is 5.78. The molecule has 3 aromatic rings. The minimum Gasteiger partial charge on any atom is -0.399 e. The number of benzene rings is 3. The van der Waals surface area contributed by atoms with Gasteiger partial charge in [-0.1, -0.05) is 0 Å². The van der Waals surface area contributed by atoms with Crippen molar-refractivity contribution in [2.75, 3.05) is 22.1 Å². The number of amides is 2. The molecule has 3 rings (SSSR count). The Morgan fingerprint density at radius 2 is 0.933 bits per heavy atom. The number of aryl methyl sites for hydroxylation is 4. The molecule has 0 aliphatic carbocycles. The third kappa shape index (κ3) is 4.43. The van der Waals surface area contributed by atoms with Crippen molar-refractivity contribution < 1.29 is 9.59 Å². The number of hydrogen-bond acceptors (Lipinski definition) is 4. The van der Waals surface area contributed by atoms with E-state index in [1.54, 1.807) is 24.3 Å². The van der Waals surface area contributed by atoms with E-state index in [4.69, 9.17) is 11.5 Å². The molecule has 30 heavy (non-hydrogen) atoms. The Balaban J connectivity index is 1.73. The van der Waals surface area contributed by atoms with Gasteiger partial charge in [-0.05, 0) is 98.5 Å². The smallest absolute Gasteiger partial charge is 0.255 e. The van der Waals surface area contributed by atoms with Gasteiger partial charge < -0.3 is 22.1 Å². The van der Waals surface area contributed by atoms with Crippen molar-refractivity contribution in [3.8, 4) is 0 Å². The molecule has 0 atom stereocenters. The lowest BCUT2D eigenvalue weighted by Gasteiger charge is -2.12. The maximum Gasteiger partial charge on any atom is 0.255 e. The van der Waals surface area contributed by atoms with Gasteiger partial charge in [0.2, 0.25) is 0 Å². The predicted molar refractivity (Wildman–Crippen MR) is 123 cm³/mol. The number of carbonyl (C=O) groups excluding carboxylic acids is 2. The van der Waals surface area contributed by atoms with E-state index in [0.717, 1.165) is 22.3 Å². The Morgan fingerprint density at radius 3 is 1.27 bits per heavy atom. The minimum atomic E-state index is -0.251. The third-order valence-corrected chi connectivity index (χ3v) is 5.13. The molecule has 3 aromatic carbocycles. The summed E-state index contributed by atoms with van der Waals surface area (Å²) in [6.07, 6.45) is 0. The zero-order valence-corrected chi connectivity index (χ0v) is 17.6. The molecule has 0 aliphatic heterocycles. The van der Waals surface area contributed by atoms with Gasteiger partial charge in [-0.15, -0.1) is 0 Å². The lowest BCUT2D eigenvalue weighted by atomic mass is 10.1. The molecule has 0 bridgehead atoms. The number of nitrogens with one attached hydrogen (secondary N) is 2. The Labute approximate surface area is 176 Å². The highest BCUT2D eigenvalue weighted by Gasteiger charge is 2.12. The summed E-state index contributed by atoms with van der Waals surface area (Å²) in [5.41, 5.74) is 19.1. The van der Waals surface area contributed by atoms with Crippen LogP contribution >= 0.6 is 0 Å². The van der Waals surface area contributed by atoms with Gasteiger partial charge in [-0.25, -0.2) is 0 Å². The number of carbonyl (C=O) groups is 2. The van der Waals surface area contributed by atoms with Crippen LogP contribution in [0.4, 0.5) is 22.7 Å². The van der Waals surface area contributed by atoms with E-state index in [-0.39, 0.29) is 11.8 Å². The number of anilines is 4. The van der Waals surface area contributed by atoms with E-state index in [9.17, 15) is 9.59 Å². The standard InChI is InChI=1S/C24H26N4O2/c1-13-11-21(15(3)9-19(13)25)27-23(29)17-5-7-18(8-6-17)24(30)28-22-12-14(2)20(26)10-16(22)4/h5-12H,25-26H2,1-4H3,(H,27,29)(H,28,30). The van der Waals surface area contributed by atoms with E-state index in [2.05, 4.69) is 10.6 Å². The maximum atomic E-state index is 12.6. The van der Waals surface area contributed by atoms with Gasteiger partial charge in [-0.3, -0.25) is 9.59 Å². The van der Waals surface area contributed by atoms with Crippen molar-refractivity contribution in [2.24, 2.45) is 0 Å². The number of hydrogen-bond donors (Lipinski definition) is 4. The van der Waals surface area contributed by atoms with Crippen molar-refractivity contribution in [2.45, 2.75) is 27.7 Å². The van der Waals surface area contributed by atoms with Crippen LogP contribution < -0.4 is 22.1 Å². The summed E-state index contributed by atoms with van der Waals surface area (Å²) in [6.45, 7) is 7.56. The van der Waals surface area contributed by atoms with Crippen LogP contribution in [0.2, 0.25) is 0 Å². The first-order valence-corrected chi connectivity index (χ1v) is 9.62. The molecule has 0 radical (unpaired) electrons. The van der Waals surface area contributed by atoms with Crippen molar-refractivity contribution >= 4 is 34.6 Å². The lowest BCUT2D eigenvalue weighted by molar-refractivity contribution is 0.101. The topological polar surface area (TPSA) is 110 Å². The highest BCUT2D eigenvalue weighted by molar-refractivity contribution is 6.07. The normalized spacial score (nSPS) is 10.5. The molecular formula is C24H26N4O2. The molecular weight excluding hydrogens is 376 g/mol. The zero-order chi connectivity index (χ0) is 22.0. The van der Waals surface area contributed by atoms with E-state index in [1.165, 1.54) is 0 Å². The molecule has 6 N–H and O–H groups in total. The number of nitrogen functional groups attached to an aromatic ring is 2. The molecule has 6 heteroatoms. The largest absolute Gasteiger partial charge is 0.399 e. The zero-order valence-electron chi connectivity index (χ0n) is 17.6. The summed E-state index contributed by atoms with van der Waals surface area (Å²) in [5, 5.41) is 5.79. The fourth-order valence-corrected chi connectivity index (χ4v) is 3.11. The number of rotatable bonds is 4. The summed E-state index contributed by atoms with van der Waals surface area (Å²) in [5.74, 6) is -0.501. The van der Waals surface area contributed by atoms with Crippen LogP contribution in [0.15, 0.2) is 48.5 Å². The fourth-order valence-electron chi connectivity index (χ4n) is 3.11. The van der Waals surface area contributed by atoms with Gasteiger partial charge in [0.25, 0.3) is 11.8 Å². The molecule has 0 aliphatic rings. The first-order valence-electron chi connectivity index (χ1n) is 9.62. The quantitative estimate of drug-likeness (QED) is 0.478. The van der Waals surface area contributed by atoms with Gasteiger partial charge >= 0.3 is 0 Å². The van der Waals surface area contributed by atoms with E-state index in [0.29, 0.717) is 33.9 Å². The van der Waals surface area contributed by atoms with Crippen molar-refractivity contribution in [1.29, 1.82) is 0 Å². The summed E-state index contributed by atoms with van der Waals surface area (Å²) >= 11 is 0. The van der Waals surface area contributed by atoms with Gasteiger partial charge in [0, 0.05) is 33.9 Å². The Hall–Kier alpha value is -3.80. The summed E-state index contributed by atoms with van der Waals surface area (Å²) in [6, 6.07) is 13.9. The molecule has 6 nitrogen and oxygen atoms in total. The second-order valence-corrected chi connectivity index (χ2v) is 7.53. The summed E-state index contributed by atoms with van der Waals surface area (Å²) in [4.78, 5) is 25.2. The SMILES string of the molecule is Cc1cc(NC(=O)c2ccc(C(=O)Nc3cc(C)c(N)cc3C)cc2)c(C)cc1N. The predicted octanol–water partition coefficient (Wildman–Crippen LogP) is 4.59. The van der Waals surface area contributed by atoms with Gasteiger partial charge in [-0.2, -0.15) is 0 Å². The van der Waals surface area contributed by atoms with Gasteiger partial charge in [0.05, 0.1) is 0 Å². The third-order valence-electron chi connectivity index (χ3n) is 5.13. The van der Waals surface area contributed by atoms with Crippen LogP contribution in [0.25, 0.3) is 0 Å². The monoisotopic (exact) mass is 402 g/mol. The van der Waals surface area contributed by atoms with Crippen LogP contribution in [-0.4, -0.2) is 11.8 Å². The molecule has 0 unspecified atom stereocenters. The second-order valence-electron chi connectivity index (χ2n) is 7.53. The minimum absolute atomic E-state index is 0.251. The van der Waals surface area contributed by atoms with E-state index >= 15 is 0 Å². The van der Waals surface area contributed by atoms with Crippen LogP contribution in [0, 0.1) is 27.7 Å². The average molecular weight is 402 g/mol. The summed E-state index contributed by atoms with van der Waals surface area (Å²) in [7, 11) is 0. The molecule has 154 valence electrons. The van der Waals surface area contributed by atoms with Crippen molar-refractivity contribution in [3.05, 3.63) is 81.9 Å². The lowest BCUT2D eigenvalue weighted by Crippen LogP contribution is -2.15. The highest BCUT2D eigenvalue weighted by Crippen LogP contribution is 2.24. The molecule has 0 heterocycles. The fraction of sp³-hybridized carbons (Fsp3) is 0.167. The Bertz CT molecular complexity index is 1040. The van der Waals surface area contributed by atoms with Gasteiger partial charge in [0.1, 0.15) is 0 Å². The highest BCUT2D eigenvalue weighted by atomic mass is 16.2. The van der Waals surface area contributed by atoms with Crippen LogP contribution in [0.3, 0.4) is 0 Å². The molecule has 0 saturated carbocycles. The summed E-state index contributed by atoms with van der Waals surface area (Å²) < 4.78 is 0. The molecule has 2 amide bonds. The van der Waals surface area contributed by atoms with Crippen LogP contribution in [0.5, 0.6) is 0 Å². The Morgan fingerprint density at radius 1 is 0.600 bits per heavy atom. The van der Waals surface area contributed by atoms with Crippen molar-refractivity contribution in [1.82, 2.24) is 0 Å². The van der Waals surface area contributed by atoms with E-state index < -0.39 is 0 Å². The maximum absolute atomic E-state index is 12.6. The van der Waals surface area contributed by atoms with E-state index in [1.807, 2.05) is 52.0 Å². The van der Waals surface area contributed by atoms with Crippen molar-refractivity contribution in [3.63, 3.8) is 0 Å². The molecule has 0 aromatic heterocycles. The molecule has 0 fully saturated rings. The molecule has 0 spiro atoms. The molecule has 0 saturated heterocycles. The van der Waals surface area contributed by atoms with Crippen LogP contribution in [0.1, 0.15) is 43.0 Å².